The maximum Gasteiger partial charge on any atom is 0.128 e. The Labute approximate surface area is 118 Å². The molecular weight excluding hydrogens is 256 g/mol. The molecule has 102 valence electrons. The smallest absolute Gasteiger partial charge is 0.128 e. The van der Waals surface area contributed by atoms with Gasteiger partial charge in [0.1, 0.15) is 16.6 Å². The summed E-state index contributed by atoms with van der Waals surface area (Å²) in [6.07, 6.45) is 3.00. The molecule has 0 aliphatic rings. The maximum absolute atomic E-state index is 4.54. The number of rotatable bonds is 6. The zero-order valence-electron chi connectivity index (χ0n) is 11.6. The van der Waals surface area contributed by atoms with Gasteiger partial charge in [0, 0.05) is 17.6 Å². The van der Waals surface area contributed by atoms with Crippen LogP contribution in [0.15, 0.2) is 24.4 Å². The molecule has 0 aliphatic carbocycles. The lowest BCUT2D eigenvalue weighted by atomic mass is 10.3. The van der Waals surface area contributed by atoms with Crippen molar-refractivity contribution < 1.29 is 0 Å². The Morgan fingerprint density at radius 1 is 1.32 bits per heavy atom. The molecule has 2 heterocycles. The lowest BCUT2D eigenvalue weighted by molar-refractivity contribution is 0.860. The number of thiazole rings is 1. The van der Waals surface area contributed by atoms with Crippen LogP contribution in [0.2, 0.25) is 0 Å². The van der Waals surface area contributed by atoms with E-state index >= 15 is 0 Å². The first kappa shape index (κ1) is 13.8. The molecule has 5 heteroatoms. The molecule has 1 unspecified atom stereocenters. The van der Waals surface area contributed by atoms with Crippen molar-refractivity contribution in [2.75, 3.05) is 17.2 Å². The van der Waals surface area contributed by atoms with Gasteiger partial charge in [0.15, 0.2) is 0 Å². The molecular formula is C14H20N4S. The zero-order chi connectivity index (χ0) is 13.7. The fourth-order valence-corrected chi connectivity index (χ4v) is 2.50. The fourth-order valence-electron chi connectivity index (χ4n) is 1.72. The molecule has 0 saturated heterocycles. The van der Waals surface area contributed by atoms with E-state index in [4.69, 9.17) is 0 Å². The second-order valence-electron chi connectivity index (χ2n) is 4.51. The van der Waals surface area contributed by atoms with Gasteiger partial charge < -0.3 is 10.6 Å². The summed E-state index contributed by atoms with van der Waals surface area (Å²) in [5.74, 6) is 1.79. The van der Waals surface area contributed by atoms with Crippen molar-refractivity contribution in [1.29, 1.82) is 0 Å². The van der Waals surface area contributed by atoms with Crippen molar-refractivity contribution in [2.45, 2.75) is 33.2 Å². The Bertz CT molecular complexity index is 524. The highest BCUT2D eigenvalue weighted by molar-refractivity contribution is 7.11. The predicted octanol–water partition coefficient (Wildman–Crippen LogP) is 3.84. The summed E-state index contributed by atoms with van der Waals surface area (Å²) in [4.78, 5) is 10.2. The van der Waals surface area contributed by atoms with Crippen molar-refractivity contribution in [2.24, 2.45) is 0 Å². The van der Waals surface area contributed by atoms with Crippen LogP contribution in [-0.2, 0) is 0 Å². The van der Waals surface area contributed by atoms with E-state index in [1.807, 2.05) is 24.4 Å². The van der Waals surface area contributed by atoms with Crippen LogP contribution in [0.5, 0.6) is 0 Å². The molecule has 19 heavy (non-hydrogen) atoms. The number of nitrogens with one attached hydrogen (secondary N) is 2. The summed E-state index contributed by atoms with van der Waals surface area (Å²) in [6.45, 7) is 7.26. The fraction of sp³-hybridized carbons (Fsp3) is 0.429. The molecule has 0 aromatic carbocycles. The van der Waals surface area contributed by atoms with E-state index in [9.17, 15) is 0 Å². The molecule has 2 rings (SSSR count). The molecule has 0 radical (unpaired) electrons. The van der Waals surface area contributed by atoms with Crippen LogP contribution < -0.4 is 10.6 Å². The zero-order valence-corrected chi connectivity index (χ0v) is 12.4. The molecule has 0 saturated carbocycles. The molecule has 4 nitrogen and oxygen atoms in total. The van der Waals surface area contributed by atoms with Gasteiger partial charge in [0.25, 0.3) is 0 Å². The van der Waals surface area contributed by atoms with Gasteiger partial charge in [-0.15, -0.1) is 11.3 Å². The number of aromatic nitrogens is 2. The van der Waals surface area contributed by atoms with Crippen LogP contribution in [0.3, 0.4) is 0 Å². The molecule has 2 N–H and O–H groups in total. The number of anilines is 2. The summed E-state index contributed by atoms with van der Waals surface area (Å²) in [5, 5.41) is 7.76. The van der Waals surface area contributed by atoms with E-state index < -0.39 is 0 Å². The second-order valence-corrected chi connectivity index (χ2v) is 5.78. The molecule has 2 aromatic rings. The van der Waals surface area contributed by atoms with Gasteiger partial charge in [-0.25, -0.2) is 9.97 Å². The Balaban J connectivity index is 2.02. The standard InChI is InChI=1S/C14H20N4S/c1-4-8-15-12-6-5-7-13(18-12)17-11(3)14-16-9-10(2)19-14/h5-7,9,11H,4,8H2,1-3H3,(H2,15,17,18). The topological polar surface area (TPSA) is 49.8 Å². The lowest BCUT2D eigenvalue weighted by Gasteiger charge is -2.13. The predicted molar refractivity (Wildman–Crippen MR) is 81.9 cm³/mol. The van der Waals surface area contributed by atoms with E-state index in [1.54, 1.807) is 11.3 Å². The minimum absolute atomic E-state index is 0.174. The summed E-state index contributed by atoms with van der Waals surface area (Å²) in [5.41, 5.74) is 0. The lowest BCUT2D eigenvalue weighted by Crippen LogP contribution is -2.09. The van der Waals surface area contributed by atoms with Gasteiger partial charge in [-0.3, -0.25) is 0 Å². The molecule has 0 bridgehead atoms. The van der Waals surface area contributed by atoms with Crippen LogP contribution in [0.1, 0.15) is 36.2 Å². The maximum atomic E-state index is 4.54. The number of hydrogen-bond acceptors (Lipinski definition) is 5. The average Bonchev–Trinajstić information content (AvgIpc) is 2.83. The van der Waals surface area contributed by atoms with Gasteiger partial charge in [-0.2, -0.15) is 0 Å². The largest absolute Gasteiger partial charge is 0.370 e. The van der Waals surface area contributed by atoms with Gasteiger partial charge in [-0.05, 0) is 32.4 Å². The molecule has 1 atom stereocenters. The molecule has 0 aliphatic heterocycles. The molecule has 0 amide bonds. The monoisotopic (exact) mass is 276 g/mol. The van der Waals surface area contributed by atoms with Crippen LogP contribution in [0.4, 0.5) is 11.6 Å². The van der Waals surface area contributed by atoms with E-state index in [0.29, 0.717) is 0 Å². The summed E-state index contributed by atoms with van der Waals surface area (Å²) in [7, 11) is 0. The van der Waals surface area contributed by atoms with E-state index in [2.05, 4.69) is 41.4 Å². The Morgan fingerprint density at radius 3 is 2.79 bits per heavy atom. The first-order valence-corrected chi connectivity index (χ1v) is 7.40. The van der Waals surface area contributed by atoms with Crippen LogP contribution in [0.25, 0.3) is 0 Å². The van der Waals surface area contributed by atoms with Crippen molar-refractivity contribution in [3.8, 4) is 0 Å². The van der Waals surface area contributed by atoms with E-state index in [0.717, 1.165) is 29.6 Å². The van der Waals surface area contributed by atoms with Gasteiger partial charge in [-0.1, -0.05) is 13.0 Å². The Kier molecular flexibility index (Phi) is 4.74. The third-order valence-corrected chi connectivity index (χ3v) is 3.77. The van der Waals surface area contributed by atoms with E-state index in [1.165, 1.54) is 4.88 Å². The minimum Gasteiger partial charge on any atom is -0.370 e. The third-order valence-electron chi connectivity index (χ3n) is 2.68. The van der Waals surface area contributed by atoms with Gasteiger partial charge >= 0.3 is 0 Å². The second kappa shape index (κ2) is 6.52. The summed E-state index contributed by atoms with van der Waals surface area (Å²) >= 11 is 1.72. The normalized spacial score (nSPS) is 12.2. The van der Waals surface area contributed by atoms with Crippen molar-refractivity contribution >= 4 is 23.0 Å². The van der Waals surface area contributed by atoms with Crippen LogP contribution in [-0.4, -0.2) is 16.5 Å². The quantitative estimate of drug-likeness (QED) is 0.841. The average molecular weight is 276 g/mol. The first-order chi connectivity index (χ1) is 9.19. The van der Waals surface area contributed by atoms with Crippen LogP contribution >= 0.6 is 11.3 Å². The van der Waals surface area contributed by atoms with Crippen molar-refractivity contribution in [3.05, 3.63) is 34.3 Å². The van der Waals surface area contributed by atoms with Crippen molar-refractivity contribution in [3.63, 3.8) is 0 Å². The highest BCUT2D eigenvalue weighted by Gasteiger charge is 2.09. The van der Waals surface area contributed by atoms with Gasteiger partial charge in [0.05, 0.1) is 6.04 Å². The highest BCUT2D eigenvalue weighted by atomic mass is 32.1. The summed E-state index contributed by atoms with van der Waals surface area (Å²) < 4.78 is 0. The summed E-state index contributed by atoms with van der Waals surface area (Å²) in [6, 6.07) is 6.15. The van der Waals surface area contributed by atoms with Crippen LogP contribution in [0, 0.1) is 6.92 Å². The molecule has 0 fully saturated rings. The molecule has 2 aromatic heterocycles. The SMILES string of the molecule is CCCNc1cccc(NC(C)c2ncc(C)s2)n1. The van der Waals surface area contributed by atoms with Crippen molar-refractivity contribution in [1.82, 2.24) is 9.97 Å². The minimum atomic E-state index is 0.174. The third kappa shape index (κ3) is 3.92. The Morgan fingerprint density at radius 2 is 2.11 bits per heavy atom. The van der Waals surface area contributed by atoms with E-state index in [-0.39, 0.29) is 6.04 Å². The number of nitrogens with zero attached hydrogens (tertiary/aromatic N) is 2. The van der Waals surface area contributed by atoms with Gasteiger partial charge in [0.2, 0.25) is 0 Å². The number of aryl methyl sites for hydroxylation is 1. The molecule has 0 spiro atoms. The first-order valence-electron chi connectivity index (χ1n) is 6.59. The number of hydrogen-bond donors (Lipinski definition) is 2. The highest BCUT2D eigenvalue weighted by Crippen LogP contribution is 2.22. The Hall–Kier alpha value is -1.62. The number of pyridine rings is 1.